The minimum atomic E-state index is -0.248. The van der Waals surface area contributed by atoms with Gasteiger partial charge in [0.25, 0.3) is 0 Å². The third-order valence-electron chi connectivity index (χ3n) is 5.19. The molecule has 25 heavy (non-hydrogen) atoms. The van der Waals surface area contributed by atoms with Gasteiger partial charge in [-0.05, 0) is 46.1 Å². The summed E-state index contributed by atoms with van der Waals surface area (Å²) in [4.78, 5) is 7.02. The van der Waals surface area contributed by atoms with Crippen LogP contribution in [0.5, 0.6) is 0 Å². The zero-order valence-corrected chi connectivity index (χ0v) is 17.9. The Morgan fingerprint density at radius 3 is 2.64 bits per heavy atom. The Balaban J connectivity index is 2.75. The molecule has 1 rings (SSSR count). The monoisotopic (exact) mass is 359 g/mol. The Kier molecular flexibility index (Phi) is 8.77. The minimum Gasteiger partial charge on any atom is -0.292 e. The Morgan fingerprint density at radius 2 is 2.12 bits per heavy atom. The van der Waals surface area contributed by atoms with Gasteiger partial charge in [-0.1, -0.05) is 36.8 Å². The molecule has 0 radical (unpaired) electrons. The van der Waals surface area contributed by atoms with E-state index in [9.17, 15) is 5.26 Å². The lowest BCUT2D eigenvalue weighted by Crippen LogP contribution is -2.31. The maximum Gasteiger partial charge on any atom is 0.0689 e. The van der Waals surface area contributed by atoms with E-state index in [0.717, 1.165) is 25.9 Å². The molecule has 0 saturated heterocycles. The van der Waals surface area contributed by atoms with Crippen LogP contribution in [0.4, 0.5) is 0 Å². The van der Waals surface area contributed by atoms with Gasteiger partial charge in [-0.3, -0.25) is 9.89 Å². The van der Waals surface area contributed by atoms with E-state index in [0.29, 0.717) is 6.04 Å². The van der Waals surface area contributed by atoms with Gasteiger partial charge in [0.2, 0.25) is 0 Å². The fourth-order valence-corrected chi connectivity index (χ4v) is 3.65. The van der Waals surface area contributed by atoms with Crippen molar-refractivity contribution in [3.63, 3.8) is 0 Å². The third kappa shape index (κ3) is 5.91. The molecule has 0 aromatic heterocycles. The van der Waals surface area contributed by atoms with E-state index in [1.165, 1.54) is 16.9 Å². The summed E-state index contributed by atoms with van der Waals surface area (Å²) in [5, 5.41) is 9.29. The summed E-state index contributed by atoms with van der Waals surface area (Å²) in [7, 11) is 4.77. The van der Waals surface area contributed by atoms with Gasteiger partial charge in [-0.15, -0.1) is 9.24 Å². The first-order valence-electron chi connectivity index (χ1n) is 9.17. The summed E-state index contributed by atoms with van der Waals surface area (Å²) in [6.45, 7) is 12.5. The van der Waals surface area contributed by atoms with Crippen LogP contribution >= 0.6 is 9.24 Å². The normalized spacial score (nSPS) is 21.8. The van der Waals surface area contributed by atoms with Crippen molar-refractivity contribution in [1.82, 2.24) is 4.90 Å². The number of hydrogen-bond donors (Lipinski definition) is 0. The van der Waals surface area contributed by atoms with Gasteiger partial charge in [-0.2, -0.15) is 5.26 Å². The Morgan fingerprint density at radius 1 is 1.44 bits per heavy atom. The van der Waals surface area contributed by atoms with Crippen molar-refractivity contribution >= 4 is 15.0 Å². The van der Waals surface area contributed by atoms with Crippen LogP contribution in [-0.4, -0.2) is 42.4 Å². The maximum absolute atomic E-state index is 9.29. The van der Waals surface area contributed by atoms with Crippen molar-refractivity contribution in [2.24, 2.45) is 10.4 Å². The van der Waals surface area contributed by atoms with Crippen molar-refractivity contribution in [3.8, 4) is 6.07 Å². The number of aliphatic imine (C=N–C) groups is 1. The molecule has 0 fully saturated rings. The summed E-state index contributed by atoms with van der Waals surface area (Å²) >= 11 is 0. The number of rotatable bonds is 8. The molecular weight excluding hydrogens is 325 g/mol. The highest BCUT2D eigenvalue weighted by molar-refractivity contribution is 7.20. The van der Waals surface area contributed by atoms with E-state index in [-0.39, 0.29) is 11.1 Å². The van der Waals surface area contributed by atoms with Gasteiger partial charge in [0.1, 0.15) is 0 Å². The molecule has 0 aromatic rings. The van der Waals surface area contributed by atoms with E-state index >= 15 is 0 Å². The lowest BCUT2D eigenvalue weighted by atomic mass is 9.85. The van der Waals surface area contributed by atoms with Crippen molar-refractivity contribution in [2.45, 2.75) is 59.2 Å². The fourth-order valence-electron chi connectivity index (χ4n) is 3.08. The molecule has 0 aromatic carbocycles. The first kappa shape index (κ1) is 21.8. The highest BCUT2D eigenvalue weighted by atomic mass is 31.0. The molecule has 0 amide bonds. The van der Waals surface area contributed by atoms with Gasteiger partial charge < -0.3 is 0 Å². The standard InChI is InChI=1S/C21H34N3P/c1-7-10-19(25)20(23-6)18-14-24(13-16(18)3)17(4)11-9-12-21(5,8-2)15-22/h7,9-11,17,19H,8,12-14,25H2,1-6H3/b10-7-,11-9-,23-20?. The van der Waals surface area contributed by atoms with Crippen LogP contribution in [-0.2, 0) is 0 Å². The van der Waals surface area contributed by atoms with Gasteiger partial charge in [-0.25, -0.2) is 0 Å². The van der Waals surface area contributed by atoms with Crippen molar-refractivity contribution in [3.05, 3.63) is 35.5 Å². The second-order valence-corrected chi connectivity index (χ2v) is 7.94. The van der Waals surface area contributed by atoms with Crippen LogP contribution in [0.25, 0.3) is 0 Å². The SMILES string of the molecule is C/C=C\C(P)C(=NC)C1=C(C)CN(C(C)/C=C\CC(C)(C#N)CC)C1. The lowest BCUT2D eigenvalue weighted by Gasteiger charge is -2.23. The van der Waals surface area contributed by atoms with Crippen LogP contribution in [0.2, 0.25) is 0 Å². The topological polar surface area (TPSA) is 39.4 Å². The smallest absolute Gasteiger partial charge is 0.0689 e. The van der Waals surface area contributed by atoms with Crippen molar-refractivity contribution < 1.29 is 0 Å². The fraction of sp³-hybridized carbons (Fsp3) is 0.619. The first-order chi connectivity index (χ1) is 11.8. The van der Waals surface area contributed by atoms with E-state index in [1.807, 2.05) is 20.9 Å². The van der Waals surface area contributed by atoms with Crippen LogP contribution in [0.3, 0.4) is 0 Å². The third-order valence-corrected chi connectivity index (χ3v) is 5.73. The molecule has 0 bridgehead atoms. The second kappa shape index (κ2) is 10.0. The highest BCUT2D eigenvalue weighted by Crippen LogP contribution is 2.27. The predicted molar refractivity (Wildman–Crippen MR) is 113 cm³/mol. The van der Waals surface area contributed by atoms with Crippen LogP contribution < -0.4 is 0 Å². The lowest BCUT2D eigenvalue weighted by molar-refractivity contribution is 0.306. The summed E-state index contributed by atoms with van der Waals surface area (Å²) in [6.07, 6.45) is 10.4. The van der Waals surface area contributed by atoms with E-state index < -0.39 is 0 Å². The van der Waals surface area contributed by atoms with Gasteiger partial charge in [0.05, 0.1) is 11.5 Å². The van der Waals surface area contributed by atoms with Crippen molar-refractivity contribution in [1.29, 1.82) is 5.26 Å². The molecule has 4 atom stereocenters. The summed E-state index contributed by atoms with van der Waals surface area (Å²) < 4.78 is 0. The van der Waals surface area contributed by atoms with E-state index in [1.54, 1.807) is 0 Å². The summed E-state index contributed by atoms with van der Waals surface area (Å²) in [5.74, 6) is 0. The minimum absolute atomic E-state index is 0.248. The van der Waals surface area contributed by atoms with Gasteiger partial charge >= 0.3 is 0 Å². The molecule has 138 valence electrons. The molecule has 4 heteroatoms. The molecule has 1 aliphatic rings. The zero-order chi connectivity index (χ0) is 19.0. The molecule has 0 aliphatic carbocycles. The van der Waals surface area contributed by atoms with Crippen LogP contribution in [0, 0.1) is 16.7 Å². The second-order valence-electron chi connectivity index (χ2n) is 7.22. The molecule has 0 N–H and O–H groups in total. The average Bonchev–Trinajstić information content (AvgIpc) is 2.97. The average molecular weight is 359 g/mol. The Hall–Kier alpha value is -1.23. The molecule has 4 unspecified atom stereocenters. The molecule has 0 spiro atoms. The molecular formula is C21H34N3P. The molecule has 0 saturated carbocycles. The molecule has 1 heterocycles. The zero-order valence-electron chi connectivity index (χ0n) is 16.7. The maximum atomic E-state index is 9.29. The van der Waals surface area contributed by atoms with E-state index in [4.69, 9.17) is 0 Å². The number of allylic oxidation sites excluding steroid dienone is 3. The molecule has 1 aliphatic heterocycles. The number of nitrogens with zero attached hydrogens (tertiary/aromatic N) is 3. The predicted octanol–water partition coefficient (Wildman–Crippen LogP) is 4.78. The van der Waals surface area contributed by atoms with E-state index in [2.05, 4.69) is 70.3 Å². The summed E-state index contributed by atoms with van der Waals surface area (Å²) in [6, 6.07) is 2.79. The number of hydrogen-bond acceptors (Lipinski definition) is 3. The first-order valence-corrected chi connectivity index (χ1v) is 9.84. The quantitative estimate of drug-likeness (QED) is 0.355. The molecule has 3 nitrogen and oxygen atoms in total. The number of nitriles is 1. The highest BCUT2D eigenvalue weighted by Gasteiger charge is 2.27. The van der Waals surface area contributed by atoms with Crippen molar-refractivity contribution in [2.75, 3.05) is 20.1 Å². The van der Waals surface area contributed by atoms with Gasteiger partial charge in [0.15, 0.2) is 0 Å². The van der Waals surface area contributed by atoms with Crippen LogP contribution in [0.1, 0.15) is 47.5 Å². The van der Waals surface area contributed by atoms with Crippen LogP contribution in [0.15, 0.2) is 40.4 Å². The Bertz CT molecular complexity index is 609. The van der Waals surface area contributed by atoms with Gasteiger partial charge in [0, 0.05) is 37.5 Å². The summed E-state index contributed by atoms with van der Waals surface area (Å²) in [5.41, 5.74) is 3.97. The largest absolute Gasteiger partial charge is 0.292 e. The Labute approximate surface area is 156 Å².